The molecule has 0 heterocycles. The first-order valence-electron chi connectivity index (χ1n) is 14.7. The second kappa shape index (κ2) is 18.3. The van der Waals surface area contributed by atoms with E-state index in [1.807, 2.05) is 30.3 Å². The van der Waals surface area contributed by atoms with Crippen LogP contribution in [0.1, 0.15) is 68.3 Å². The van der Waals surface area contributed by atoms with Crippen molar-refractivity contribution in [1.82, 2.24) is 10.6 Å². The lowest BCUT2D eigenvalue weighted by molar-refractivity contribution is -0.133. The fraction of sp³-hybridized carbons (Fsp3) is 0.469. The number of nitrogens with one attached hydrogen (secondary N) is 2. The van der Waals surface area contributed by atoms with Crippen molar-refractivity contribution in [2.75, 3.05) is 13.2 Å². The quantitative estimate of drug-likeness (QED) is 0.144. The monoisotopic (exact) mass is 595 g/mol. The van der Waals surface area contributed by atoms with Crippen molar-refractivity contribution in [1.29, 1.82) is 0 Å². The molecule has 0 unspecified atom stereocenters. The number of unbranched alkanes of at least 4 members (excludes halogenated alkanes) is 1. The highest BCUT2D eigenvalue weighted by molar-refractivity contribution is 6.01. The summed E-state index contributed by atoms with van der Waals surface area (Å²) in [6, 6.07) is 13.8. The van der Waals surface area contributed by atoms with Crippen molar-refractivity contribution in [3.05, 3.63) is 65.7 Å². The molecule has 4 amide bonds. The molecular formula is C32H45N5O6. The number of para-hydroxylation sites is 1. The molecule has 0 spiro atoms. The third kappa shape index (κ3) is 12.7. The van der Waals surface area contributed by atoms with Crippen LogP contribution in [0.15, 0.2) is 54.6 Å². The number of carbonyl (C=O) groups is 5. The molecule has 43 heavy (non-hydrogen) atoms. The lowest BCUT2D eigenvalue weighted by atomic mass is 9.90. The fourth-order valence-corrected chi connectivity index (χ4v) is 4.48. The van der Waals surface area contributed by atoms with E-state index in [2.05, 4.69) is 24.5 Å². The molecule has 234 valence electrons. The van der Waals surface area contributed by atoms with E-state index < -0.39 is 48.1 Å². The lowest BCUT2D eigenvalue weighted by Gasteiger charge is -2.23. The maximum atomic E-state index is 13.8. The van der Waals surface area contributed by atoms with Crippen LogP contribution in [0.5, 0.6) is 5.75 Å². The minimum absolute atomic E-state index is 0.199. The standard InChI is InChI=1S/C32H45N5O6/c1-21(2)15-17-43-28-14-7-6-13-24(28)32(42)36-25(18-22-10-4-3-5-11-22)27(38)19-23(12-8-9-16-33)31(41)37-26(30(35)40)20-29(34)39/h3-7,10-11,13-14,21,23,25-26H,8-9,12,15-20,33H2,1-2H3,(H2,34,39)(H2,35,40)(H,36,42)(H,37,41)/t23-,25+,26+/m1/s1. The van der Waals surface area contributed by atoms with Crippen molar-refractivity contribution >= 4 is 29.4 Å². The molecule has 0 aliphatic carbocycles. The third-order valence-corrected chi connectivity index (χ3v) is 6.95. The highest BCUT2D eigenvalue weighted by atomic mass is 16.5. The molecule has 2 rings (SSSR count). The van der Waals surface area contributed by atoms with Gasteiger partial charge in [0.25, 0.3) is 5.91 Å². The minimum atomic E-state index is -1.30. The Labute approximate surface area is 253 Å². The second-order valence-electron chi connectivity index (χ2n) is 11.0. The van der Waals surface area contributed by atoms with Crippen LogP contribution >= 0.6 is 0 Å². The molecule has 0 saturated heterocycles. The van der Waals surface area contributed by atoms with Gasteiger partial charge in [-0.05, 0) is 55.8 Å². The third-order valence-electron chi connectivity index (χ3n) is 6.95. The summed E-state index contributed by atoms with van der Waals surface area (Å²) in [6.45, 7) is 5.00. The van der Waals surface area contributed by atoms with Gasteiger partial charge >= 0.3 is 0 Å². The molecule has 0 aromatic heterocycles. The van der Waals surface area contributed by atoms with Gasteiger partial charge in [-0.25, -0.2) is 0 Å². The Balaban J connectivity index is 2.29. The first kappa shape index (κ1) is 34.9. The SMILES string of the molecule is CC(C)CCOc1ccccc1C(=O)N[C@@H](Cc1ccccc1)C(=O)C[C@@H](CCCCN)C(=O)N[C@@H](CC(N)=O)C(N)=O. The first-order chi connectivity index (χ1) is 20.5. The number of carbonyl (C=O) groups excluding carboxylic acids is 5. The van der Waals surface area contributed by atoms with E-state index in [1.54, 1.807) is 24.3 Å². The van der Waals surface area contributed by atoms with Gasteiger partial charge in [-0.2, -0.15) is 0 Å². The van der Waals surface area contributed by atoms with Gasteiger partial charge in [0.05, 0.1) is 24.6 Å². The van der Waals surface area contributed by atoms with E-state index in [1.165, 1.54) is 0 Å². The average molecular weight is 596 g/mol. The zero-order valence-corrected chi connectivity index (χ0v) is 25.1. The summed E-state index contributed by atoms with van der Waals surface area (Å²) in [5.74, 6) is -3.18. The van der Waals surface area contributed by atoms with Crippen LogP contribution in [-0.2, 0) is 25.6 Å². The summed E-state index contributed by atoms with van der Waals surface area (Å²) < 4.78 is 5.88. The molecule has 3 atom stereocenters. The summed E-state index contributed by atoms with van der Waals surface area (Å²) in [5, 5.41) is 5.33. The number of hydrogen-bond donors (Lipinski definition) is 5. The normalized spacial score (nSPS) is 13.0. The molecule has 0 bridgehead atoms. The van der Waals surface area contributed by atoms with Crippen molar-refractivity contribution < 1.29 is 28.7 Å². The summed E-state index contributed by atoms with van der Waals surface area (Å²) in [4.78, 5) is 63.7. The number of ketones is 1. The predicted molar refractivity (Wildman–Crippen MR) is 164 cm³/mol. The van der Waals surface area contributed by atoms with Crippen LogP contribution in [0, 0.1) is 11.8 Å². The highest BCUT2D eigenvalue weighted by Gasteiger charge is 2.31. The van der Waals surface area contributed by atoms with Crippen molar-refractivity contribution in [2.24, 2.45) is 29.0 Å². The van der Waals surface area contributed by atoms with E-state index in [9.17, 15) is 24.0 Å². The van der Waals surface area contributed by atoms with Gasteiger partial charge in [0.2, 0.25) is 17.7 Å². The van der Waals surface area contributed by atoms with Gasteiger partial charge in [0, 0.05) is 12.3 Å². The van der Waals surface area contributed by atoms with E-state index >= 15 is 0 Å². The van der Waals surface area contributed by atoms with Crippen molar-refractivity contribution in [3.63, 3.8) is 0 Å². The van der Waals surface area contributed by atoms with Crippen LogP contribution < -0.4 is 32.6 Å². The van der Waals surface area contributed by atoms with Crippen LogP contribution in [0.3, 0.4) is 0 Å². The summed E-state index contributed by atoms with van der Waals surface area (Å²) in [7, 11) is 0. The maximum absolute atomic E-state index is 13.8. The Kier molecular flexibility index (Phi) is 14.9. The molecule has 0 fully saturated rings. The largest absolute Gasteiger partial charge is 0.493 e. The van der Waals surface area contributed by atoms with Crippen molar-refractivity contribution in [2.45, 2.75) is 70.9 Å². The Hall–Kier alpha value is -4.25. The number of rotatable bonds is 20. The summed E-state index contributed by atoms with van der Waals surface area (Å²) >= 11 is 0. The molecule has 2 aromatic carbocycles. The fourth-order valence-electron chi connectivity index (χ4n) is 4.48. The van der Waals surface area contributed by atoms with Gasteiger partial charge < -0.3 is 32.6 Å². The minimum Gasteiger partial charge on any atom is -0.493 e. The number of ether oxygens (including phenoxy) is 1. The number of amides is 4. The Bertz CT molecular complexity index is 1220. The highest BCUT2D eigenvalue weighted by Crippen LogP contribution is 2.21. The number of Topliss-reactive ketones (excluding diaryl/α,β-unsaturated/α-hetero) is 1. The maximum Gasteiger partial charge on any atom is 0.255 e. The molecule has 2 aromatic rings. The Morgan fingerprint density at radius 1 is 0.814 bits per heavy atom. The Morgan fingerprint density at radius 2 is 1.49 bits per heavy atom. The number of primary amides is 2. The molecule has 8 N–H and O–H groups in total. The molecule has 0 aliphatic heterocycles. The number of benzene rings is 2. The molecule has 0 saturated carbocycles. The zero-order chi connectivity index (χ0) is 31.8. The summed E-state index contributed by atoms with van der Waals surface area (Å²) in [6.07, 6.45) is 1.80. The Morgan fingerprint density at radius 3 is 2.12 bits per heavy atom. The molecule has 11 heteroatoms. The first-order valence-corrected chi connectivity index (χ1v) is 14.7. The molecule has 11 nitrogen and oxygen atoms in total. The van der Waals surface area contributed by atoms with Gasteiger partial charge in [-0.15, -0.1) is 0 Å². The molecule has 0 radical (unpaired) electrons. The van der Waals surface area contributed by atoms with E-state index in [0.29, 0.717) is 49.6 Å². The van der Waals surface area contributed by atoms with E-state index in [-0.39, 0.29) is 18.6 Å². The van der Waals surface area contributed by atoms with E-state index in [0.717, 1.165) is 12.0 Å². The average Bonchev–Trinajstić information content (AvgIpc) is 2.96. The van der Waals surface area contributed by atoms with Crippen molar-refractivity contribution in [3.8, 4) is 5.75 Å². The molecule has 0 aliphatic rings. The predicted octanol–water partition coefficient (Wildman–Crippen LogP) is 2.00. The van der Waals surface area contributed by atoms with Gasteiger partial charge in [-0.3, -0.25) is 24.0 Å². The van der Waals surface area contributed by atoms with Gasteiger partial charge in [0.15, 0.2) is 5.78 Å². The number of hydrogen-bond acceptors (Lipinski definition) is 7. The van der Waals surface area contributed by atoms with E-state index in [4.69, 9.17) is 21.9 Å². The van der Waals surface area contributed by atoms with Crippen LogP contribution in [0.4, 0.5) is 0 Å². The topological polar surface area (TPSA) is 197 Å². The lowest BCUT2D eigenvalue weighted by Crippen LogP contribution is -2.49. The summed E-state index contributed by atoms with van der Waals surface area (Å²) in [5.41, 5.74) is 17.3. The number of nitrogens with two attached hydrogens (primary N) is 3. The molecular weight excluding hydrogens is 550 g/mol. The van der Waals surface area contributed by atoms with Gasteiger partial charge in [-0.1, -0.05) is 62.7 Å². The van der Waals surface area contributed by atoms with Crippen LogP contribution in [0.25, 0.3) is 0 Å². The smallest absolute Gasteiger partial charge is 0.255 e. The van der Waals surface area contributed by atoms with Gasteiger partial charge in [0.1, 0.15) is 11.8 Å². The second-order valence-corrected chi connectivity index (χ2v) is 11.0. The van der Waals surface area contributed by atoms with Crippen LogP contribution in [0.2, 0.25) is 0 Å². The van der Waals surface area contributed by atoms with Crippen LogP contribution in [-0.4, -0.2) is 54.6 Å². The zero-order valence-electron chi connectivity index (χ0n) is 25.1.